The number of carbonyl (C=O) groups excluding carboxylic acids is 2. The summed E-state index contributed by atoms with van der Waals surface area (Å²) >= 11 is 1.30. The molecule has 0 aromatic carbocycles. The summed E-state index contributed by atoms with van der Waals surface area (Å²) in [6.45, 7) is 3.75. The van der Waals surface area contributed by atoms with Crippen molar-refractivity contribution in [3.8, 4) is 0 Å². The monoisotopic (exact) mass is 296 g/mol. The van der Waals surface area contributed by atoms with Gasteiger partial charge in [0.25, 0.3) is 0 Å². The van der Waals surface area contributed by atoms with Gasteiger partial charge in [0.2, 0.25) is 5.91 Å². The highest BCUT2D eigenvalue weighted by atomic mass is 32.1. The van der Waals surface area contributed by atoms with Crippen molar-refractivity contribution in [3.05, 3.63) is 15.8 Å². The summed E-state index contributed by atoms with van der Waals surface area (Å²) in [5, 5.41) is 4.77. The number of likely N-dealkylation sites (tertiary alicyclic amines) is 1. The van der Waals surface area contributed by atoms with Crippen LogP contribution in [-0.2, 0) is 9.53 Å². The number of rotatable bonds is 3. The molecule has 0 aliphatic carbocycles. The Morgan fingerprint density at radius 1 is 1.40 bits per heavy atom. The van der Waals surface area contributed by atoms with E-state index in [0.717, 1.165) is 31.5 Å². The Morgan fingerprint density at radius 3 is 2.65 bits per heavy atom. The number of ether oxygens (including phenoxy) is 1. The lowest BCUT2D eigenvalue weighted by molar-refractivity contribution is -0.121. The number of carbonyl (C=O) groups is 2. The van der Waals surface area contributed by atoms with Gasteiger partial charge in [-0.3, -0.25) is 4.79 Å². The van der Waals surface area contributed by atoms with E-state index < -0.39 is 5.97 Å². The predicted octanol–water partition coefficient (Wildman–Crippen LogP) is 2.12. The molecule has 20 heavy (non-hydrogen) atoms. The number of aryl methyl sites for hydroxylation is 1. The van der Waals surface area contributed by atoms with Crippen molar-refractivity contribution >= 4 is 28.9 Å². The van der Waals surface area contributed by atoms with Gasteiger partial charge in [-0.2, -0.15) is 0 Å². The maximum atomic E-state index is 12.3. The summed E-state index contributed by atoms with van der Waals surface area (Å²) in [6, 6.07) is 0. The zero-order valence-corrected chi connectivity index (χ0v) is 12.9. The second-order valence-electron chi connectivity index (χ2n) is 5.18. The van der Waals surface area contributed by atoms with Crippen molar-refractivity contribution in [1.29, 1.82) is 0 Å². The molecule has 1 aliphatic heterocycles. The second-order valence-corrected chi connectivity index (χ2v) is 6.06. The van der Waals surface area contributed by atoms with Crippen LogP contribution in [0.5, 0.6) is 0 Å². The zero-order chi connectivity index (χ0) is 14.7. The van der Waals surface area contributed by atoms with Gasteiger partial charge in [-0.05, 0) is 50.8 Å². The molecule has 1 N–H and O–H groups in total. The molecule has 0 atom stereocenters. The Labute approximate surface area is 122 Å². The van der Waals surface area contributed by atoms with Crippen LogP contribution in [0.1, 0.15) is 28.1 Å². The van der Waals surface area contributed by atoms with Crippen LogP contribution in [0.25, 0.3) is 0 Å². The summed E-state index contributed by atoms with van der Waals surface area (Å²) < 4.78 is 4.74. The van der Waals surface area contributed by atoms with Crippen LogP contribution in [0.2, 0.25) is 0 Å². The molecule has 1 aromatic heterocycles. The van der Waals surface area contributed by atoms with Crippen molar-refractivity contribution < 1.29 is 14.3 Å². The number of hydrogen-bond donors (Lipinski definition) is 1. The highest BCUT2D eigenvalue weighted by Crippen LogP contribution is 2.29. The van der Waals surface area contributed by atoms with Gasteiger partial charge in [-0.25, -0.2) is 4.79 Å². The number of amides is 1. The van der Waals surface area contributed by atoms with E-state index in [-0.39, 0.29) is 11.8 Å². The van der Waals surface area contributed by atoms with Gasteiger partial charge in [0, 0.05) is 5.92 Å². The van der Waals surface area contributed by atoms with Crippen LogP contribution in [0.4, 0.5) is 5.69 Å². The molecular formula is C14H20N2O3S. The standard InChI is InChI=1S/C14H20N2O3S/c1-9-8-20-12(14(18)19-3)11(9)15-13(17)10-4-6-16(2)7-5-10/h8,10H,4-7H2,1-3H3,(H,15,17). The van der Waals surface area contributed by atoms with E-state index in [1.807, 2.05) is 12.3 Å². The van der Waals surface area contributed by atoms with E-state index in [2.05, 4.69) is 17.3 Å². The molecule has 1 aromatic rings. The Morgan fingerprint density at radius 2 is 2.05 bits per heavy atom. The Balaban J connectivity index is 2.08. The minimum absolute atomic E-state index is 0.00440. The Hall–Kier alpha value is -1.40. The van der Waals surface area contributed by atoms with E-state index >= 15 is 0 Å². The summed E-state index contributed by atoms with van der Waals surface area (Å²) in [7, 11) is 3.41. The SMILES string of the molecule is COC(=O)c1scc(C)c1NC(=O)C1CCN(C)CC1. The molecule has 2 rings (SSSR count). The smallest absolute Gasteiger partial charge is 0.350 e. The van der Waals surface area contributed by atoms with E-state index in [9.17, 15) is 9.59 Å². The molecule has 1 fully saturated rings. The summed E-state index contributed by atoms with van der Waals surface area (Å²) in [6.07, 6.45) is 1.72. The third-order valence-electron chi connectivity index (χ3n) is 3.68. The van der Waals surface area contributed by atoms with Crippen LogP contribution < -0.4 is 5.32 Å². The first-order chi connectivity index (χ1) is 9.52. The number of nitrogens with zero attached hydrogens (tertiary/aromatic N) is 1. The summed E-state index contributed by atoms with van der Waals surface area (Å²) in [5.74, 6) is -0.373. The molecule has 0 radical (unpaired) electrons. The third kappa shape index (κ3) is 3.19. The first-order valence-electron chi connectivity index (χ1n) is 6.68. The van der Waals surface area contributed by atoms with Crippen LogP contribution in [-0.4, -0.2) is 44.0 Å². The molecule has 110 valence electrons. The first kappa shape index (κ1) is 15.0. The van der Waals surface area contributed by atoms with Crippen molar-refractivity contribution in [3.63, 3.8) is 0 Å². The molecule has 1 aliphatic rings. The van der Waals surface area contributed by atoms with Gasteiger partial charge >= 0.3 is 5.97 Å². The van der Waals surface area contributed by atoms with Gasteiger partial charge in [0.1, 0.15) is 4.88 Å². The fourth-order valence-electron chi connectivity index (χ4n) is 2.34. The lowest BCUT2D eigenvalue weighted by atomic mass is 9.96. The molecule has 5 nitrogen and oxygen atoms in total. The number of anilines is 1. The average Bonchev–Trinajstić information content (AvgIpc) is 2.80. The molecule has 1 saturated heterocycles. The molecule has 2 heterocycles. The number of nitrogens with one attached hydrogen (secondary N) is 1. The van der Waals surface area contributed by atoms with Gasteiger partial charge in [0.05, 0.1) is 12.8 Å². The van der Waals surface area contributed by atoms with Crippen LogP contribution in [0.3, 0.4) is 0 Å². The maximum Gasteiger partial charge on any atom is 0.350 e. The summed E-state index contributed by atoms with van der Waals surface area (Å²) in [5.41, 5.74) is 1.50. The fraction of sp³-hybridized carbons (Fsp3) is 0.571. The lowest BCUT2D eigenvalue weighted by Crippen LogP contribution is -2.36. The number of piperidine rings is 1. The number of methoxy groups -OCH3 is 1. The van der Waals surface area contributed by atoms with Crippen LogP contribution >= 0.6 is 11.3 Å². The van der Waals surface area contributed by atoms with Gasteiger partial charge in [-0.1, -0.05) is 0 Å². The molecule has 1 amide bonds. The average molecular weight is 296 g/mol. The van der Waals surface area contributed by atoms with Crippen molar-refractivity contribution in [1.82, 2.24) is 4.90 Å². The van der Waals surface area contributed by atoms with Gasteiger partial charge < -0.3 is 15.0 Å². The Kier molecular flexibility index (Phi) is 4.77. The highest BCUT2D eigenvalue weighted by Gasteiger charge is 2.26. The summed E-state index contributed by atoms with van der Waals surface area (Å²) in [4.78, 5) is 26.7. The largest absolute Gasteiger partial charge is 0.465 e. The molecular weight excluding hydrogens is 276 g/mol. The second kappa shape index (κ2) is 6.37. The maximum absolute atomic E-state index is 12.3. The lowest BCUT2D eigenvalue weighted by Gasteiger charge is -2.28. The van der Waals surface area contributed by atoms with Crippen molar-refractivity contribution in [2.75, 3.05) is 32.6 Å². The normalized spacial score (nSPS) is 16.9. The van der Waals surface area contributed by atoms with E-state index in [0.29, 0.717) is 10.6 Å². The zero-order valence-electron chi connectivity index (χ0n) is 12.1. The number of hydrogen-bond acceptors (Lipinski definition) is 5. The molecule has 6 heteroatoms. The van der Waals surface area contributed by atoms with E-state index in [1.165, 1.54) is 18.4 Å². The first-order valence-corrected chi connectivity index (χ1v) is 7.56. The molecule has 0 spiro atoms. The molecule has 0 unspecified atom stereocenters. The van der Waals surface area contributed by atoms with Gasteiger partial charge in [-0.15, -0.1) is 11.3 Å². The molecule has 0 saturated carbocycles. The quantitative estimate of drug-likeness (QED) is 0.868. The predicted molar refractivity (Wildman–Crippen MR) is 79.2 cm³/mol. The Bertz CT molecular complexity index is 505. The van der Waals surface area contributed by atoms with Crippen LogP contribution in [0, 0.1) is 12.8 Å². The van der Waals surface area contributed by atoms with Crippen molar-refractivity contribution in [2.45, 2.75) is 19.8 Å². The number of esters is 1. The van der Waals surface area contributed by atoms with Crippen LogP contribution in [0.15, 0.2) is 5.38 Å². The van der Waals surface area contributed by atoms with Crippen molar-refractivity contribution in [2.24, 2.45) is 5.92 Å². The minimum Gasteiger partial charge on any atom is -0.465 e. The topological polar surface area (TPSA) is 58.6 Å². The van der Waals surface area contributed by atoms with E-state index in [1.54, 1.807) is 0 Å². The number of thiophene rings is 1. The third-order valence-corrected chi connectivity index (χ3v) is 4.76. The highest BCUT2D eigenvalue weighted by molar-refractivity contribution is 7.12. The van der Waals surface area contributed by atoms with Gasteiger partial charge in [0.15, 0.2) is 0 Å². The molecule has 0 bridgehead atoms. The minimum atomic E-state index is -0.401. The van der Waals surface area contributed by atoms with E-state index in [4.69, 9.17) is 4.74 Å². The fourth-order valence-corrected chi connectivity index (χ4v) is 3.26.